The van der Waals surface area contributed by atoms with Crippen LogP contribution in [0.4, 0.5) is 11.4 Å². The standard InChI is InChI=1S/C12H10N2O2S/c13-9-1-5-11(6-2-9)16-12-7-3-10(4-8-12)14-17-15/h1-8H,13H2. The zero-order chi connectivity index (χ0) is 12.1. The summed E-state index contributed by atoms with van der Waals surface area (Å²) in [5.41, 5.74) is 6.89. The normalized spacial score (nSPS) is 9.65. The van der Waals surface area contributed by atoms with Gasteiger partial charge >= 0.3 is 0 Å². The van der Waals surface area contributed by atoms with Gasteiger partial charge < -0.3 is 10.5 Å². The first-order valence-electron chi connectivity index (χ1n) is 4.91. The fraction of sp³-hybridized carbons (Fsp3) is 0. The molecule has 0 atom stereocenters. The molecule has 2 aromatic carbocycles. The topological polar surface area (TPSA) is 64.7 Å². The molecule has 86 valence electrons. The van der Waals surface area contributed by atoms with Crippen LogP contribution < -0.4 is 10.5 Å². The molecule has 2 aromatic rings. The lowest BCUT2D eigenvalue weighted by atomic mass is 10.3. The van der Waals surface area contributed by atoms with E-state index in [1.165, 1.54) is 0 Å². The van der Waals surface area contributed by atoms with Crippen molar-refractivity contribution in [1.82, 2.24) is 0 Å². The van der Waals surface area contributed by atoms with Crippen LogP contribution in [0.3, 0.4) is 0 Å². The molecule has 0 saturated heterocycles. The Balaban J connectivity index is 2.13. The molecule has 0 unspecified atom stereocenters. The summed E-state index contributed by atoms with van der Waals surface area (Å²) < 4.78 is 19.5. The smallest absolute Gasteiger partial charge is 0.205 e. The Hall–Kier alpha value is -2.14. The minimum Gasteiger partial charge on any atom is -0.457 e. The van der Waals surface area contributed by atoms with Gasteiger partial charge in [-0.15, -0.1) is 0 Å². The third-order valence-electron chi connectivity index (χ3n) is 2.10. The van der Waals surface area contributed by atoms with E-state index in [0.29, 0.717) is 22.9 Å². The lowest BCUT2D eigenvalue weighted by Gasteiger charge is -2.05. The van der Waals surface area contributed by atoms with Crippen LogP contribution in [0.25, 0.3) is 0 Å². The second kappa shape index (κ2) is 5.27. The predicted molar refractivity (Wildman–Crippen MR) is 67.6 cm³/mol. The maximum atomic E-state index is 10.2. The first-order valence-corrected chi connectivity index (χ1v) is 5.61. The van der Waals surface area contributed by atoms with Crippen LogP contribution >= 0.6 is 0 Å². The average Bonchev–Trinajstić information content (AvgIpc) is 2.35. The van der Waals surface area contributed by atoms with Gasteiger partial charge in [-0.3, -0.25) is 0 Å². The van der Waals surface area contributed by atoms with Crippen molar-refractivity contribution >= 4 is 22.8 Å². The maximum Gasteiger partial charge on any atom is 0.205 e. The number of nitrogens with zero attached hydrogens (tertiary/aromatic N) is 1. The molecule has 0 spiro atoms. The number of hydrogen-bond donors (Lipinski definition) is 1. The van der Waals surface area contributed by atoms with Crippen LogP contribution in [-0.2, 0) is 11.5 Å². The van der Waals surface area contributed by atoms with Crippen molar-refractivity contribution in [3.05, 3.63) is 48.5 Å². The molecule has 4 nitrogen and oxygen atoms in total. The van der Waals surface area contributed by atoms with Gasteiger partial charge in [0.1, 0.15) is 11.5 Å². The molecule has 0 bridgehead atoms. The highest BCUT2D eigenvalue weighted by molar-refractivity contribution is 7.54. The van der Waals surface area contributed by atoms with Crippen LogP contribution in [0.2, 0.25) is 0 Å². The van der Waals surface area contributed by atoms with Gasteiger partial charge in [-0.05, 0) is 48.5 Å². The van der Waals surface area contributed by atoms with E-state index >= 15 is 0 Å². The summed E-state index contributed by atoms with van der Waals surface area (Å²) in [6, 6.07) is 14.1. The van der Waals surface area contributed by atoms with Crippen molar-refractivity contribution in [3.8, 4) is 11.5 Å². The molecule has 2 N–H and O–H groups in total. The summed E-state index contributed by atoms with van der Waals surface area (Å²) in [4.78, 5) is 0. The van der Waals surface area contributed by atoms with Crippen molar-refractivity contribution in [2.45, 2.75) is 0 Å². The van der Waals surface area contributed by atoms with Crippen molar-refractivity contribution in [3.63, 3.8) is 0 Å². The number of ether oxygens (including phenoxy) is 1. The molecule has 0 heterocycles. The molecule has 0 aromatic heterocycles. The summed E-state index contributed by atoms with van der Waals surface area (Å²) in [5, 5.41) is 0. The van der Waals surface area contributed by atoms with Crippen molar-refractivity contribution in [2.24, 2.45) is 4.36 Å². The first-order chi connectivity index (χ1) is 8.28. The number of anilines is 1. The van der Waals surface area contributed by atoms with E-state index in [2.05, 4.69) is 4.36 Å². The van der Waals surface area contributed by atoms with Gasteiger partial charge in [-0.25, -0.2) is 0 Å². The van der Waals surface area contributed by atoms with Crippen LogP contribution in [0.5, 0.6) is 11.5 Å². The van der Waals surface area contributed by atoms with E-state index in [1.54, 1.807) is 48.5 Å². The summed E-state index contributed by atoms with van der Waals surface area (Å²) in [6.07, 6.45) is 0. The fourth-order valence-corrected chi connectivity index (χ4v) is 1.50. The molecule has 0 saturated carbocycles. The van der Waals surface area contributed by atoms with Gasteiger partial charge in [0, 0.05) is 5.69 Å². The Labute approximate surface area is 102 Å². The summed E-state index contributed by atoms with van der Waals surface area (Å²) in [5.74, 6) is 1.40. The number of benzene rings is 2. The third kappa shape index (κ3) is 3.15. The molecule has 0 fully saturated rings. The van der Waals surface area contributed by atoms with E-state index in [9.17, 15) is 4.21 Å². The molecular weight excluding hydrogens is 236 g/mol. The van der Waals surface area contributed by atoms with Crippen LogP contribution in [-0.4, -0.2) is 4.21 Å². The summed E-state index contributed by atoms with van der Waals surface area (Å²) >= 11 is 0.186. The lowest BCUT2D eigenvalue weighted by Crippen LogP contribution is -1.86. The monoisotopic (exact) mass is 246 g/mol. The van der Waals surface area contributed by atoms with Crippen molar-refractivity contribution in [2.75, 3.05) is 5.73 Å². The second-order valence-electron chi connectivity index (χ2n) is 3.33. The van der Waals surface area contributed by atoms with E-state index in [-0.39, 0.29) is 11.5 Å². The molecule has 17 heavy (non-hydrogen) atoms. The van der Waals surface area contributed by atoms with Gasteiger partial charge in [0.25, 0.3) is 0 Å². The van der Waals surface area contributed by atoms with E-state index in [4.69, 9.17) is 10.5 Å². The summed E-state index contributed by atoms with van der Waals surface area (Å²) in [6.45, 7) is 0. The first kappa shape index (κ1) is 11.3. The number of rotatable bonds is 3. The average molecular weight is 246 g/mol. The number of nitrogen functional groups attached to an aromatic ring is 1. The highest BCUT2D eigenvalue weighted by atomic mass is 32.1. The molecule has 2 rings (SSSR count). The van der Waals surface area contributed by atoms with Gasteiger partial charge in [0.2, 0.25) is 11.5 Å². The minimum atomic E-state index is 0.186. The number of nitrogens with two attached hydrogens (primary N) is 1. The van der Waals surface area contributed by atoms with E-state index < -0.39 is 0 Å². The Morgan fingerprint density at radius 2 is 1.47 bits per heavy atom. The van der Waals surface area contributed by atoms with Gasteiger partial charge in [-0.1, -0.05) is 0 Å². The van der Waals surface area contributed by atoms with Crippen molar-refractivity contribution < 1.29 is 8.95 Å². The molecule has 0 radical (unpaired) electrons. The molecule has 0 aliphatic rings. The predicted octanol–water partition coefficient (Wildman–Crippen LogP) is 3.09. The Morgan fingerprint density at radius 1 is 0.941 bits per heavy atom. The molecule has 0 aliphatic heterocycles. The van der Waals surface area contributed by atoms with Gasteiger partial charge in [0.05, 0.1) is 5.69 Å². The molecule has 0 aliphatic carbocycles. The van der Waals surface area contributed by atoms with E-state index in [0.717, 1.165) is 0 Å². The summed E-state index contributed by atoms with van der Waals surface area (Å²) in [7, 11) is 0. The quantitative estimate of drug-likeness (QED) is 0.846. The van der Waals surface area contributed by atoms with E-state index in [1.807, 2.05) is 0 Å². The fourth-order valence-electron chi connectivity index (χ4n) is 1.29. The Bertz CT molecular complexity index is 546. The third-order valence-corrected chi connectivity index (χ3v) is 2.38. The van der Waals surface area contributed by atoms with Gasteiger partial charge in [0.15, 0.2) is 0 Å². The van der Waals surface area contributed by atoms with Crippen LogP contribution in [0.15, 0.2) is 52.9 Å². The largest absolute Gasteiger partial charge is 0.457 e. The SMILES string of the molecule is Nc1ccc(Oc2ccc(N=S=O)cc2)cc1. The van der Waals surface area contributed by atoms with Gasteiger partial charge in [-0.2, -0.15) is 8.57 Å². The Morgan fingerprint density at radius 3 is 2.00 bits per heavy atom. The maximum absolute atomic E-state index is 10.2. The number of hydrogen-bond acceptors (Lipinski definition) is 4. The highest BCUT2D eigenvalue weighted by Crippen LogP contribution is 2.24. The molecular formula is C12H10N2O2S. The Kier molecular flexibility index (Phi) is 3.52. The molecule has 5 heteroatoms. The van der Waals surface area contributed by atoms with Crippen LogP contribution in [0, 0.1) is 0 Å². The molecule has 0 amide bonds. The minimum absolute atomic E-state index is 0.186. The second-order valence-corrected chi connectivity index (χ2v) is 3.66. The zero-order valence-corrected chi connectivity index (χ0v) is 9.68. The zero-order valence-electron chi connectivity index (χ0n) is 8.87. The van der Waals surface area contributed by atoms with Crippen LogP contribution in [0.1, 0.15) is 0 Å². The lowest BCUT2D eigenvalue weighted by molar-refractivity contribution is 0.483. The highest BCUT2D eigenvalue weighted by Gasteiger charge is 1.97. The van der Waals surface area contributed by atoms with Crippen molar-refractivity contribution in [1.29, 1.82) is 0 Å².